The van der Waals surface area contributed by atoms with Gasteiger partial charge < -0.3 is 20.1 Å². The molecule has 2 aromatic carbocycles. The van der Waals surface area contributed by atoms with Gasteiger partial charge >= 0.3 is 0 Å². The van der Waals surface area contributed by atoms with Crippen molar-refractivity contribution in [2.75, 3.05) is 26.1 Å². The fourth-order valence-electron chi connectivity index (χ4n) is 2.40. The van der Waals surface area contributed by atoms with Gasteiger partial charge in [-0.3, -0.25) is 0 Å². The third-order valence-electron chi connectivity index (χ3n) is 3.74. The van der Waals surface area contributed by atoms with Gasteiger partial charge in [0, 0.05) is 12.2 Å². The first-order valence-electron chi connectivity index (χ1n) is 8.01. The Hall–Kier alpha value is -2.27. The lowest BCUT2D eigenvalue weighted by atomic mass is 10.1. The zero-order chi connectivity index (χ0) is 17.4. The molecular weight excluding hydrogens is 320 g/mol. The van der Waals surface area contributed by atoms with Crippen molar-refractivity contribution in [3.05, 3.63) is 53.6 Å². The zero-order valence-electron chi connectivity index (χ0n) is 14.4. The van der Waals surface area contributed by atoms with Gasteiger partial charge in [0.1, 0.15) is 0 Å². The van der Waals surface area contributed by atoms with E-state index in [9.17, 15) is 0 Å². The van der Waals surface area contributed by atoms with Crippen LogP contribution in [0.15, 0.2) is 42.5 Å². The monoisotopic (exact) mass is 344 g/mol. The van der Waals surface area contributed by atoms with E-state index in [0.717, 1.165) is 42.1 Å². The van der Waals surface area contributed by atoms with Crippen molar-refractivity contribution in [3.63, 3.8) is 0 Å². The Kier molecular flexibility index (Phi) is 6.88. The average molecular weight is 344 g/mol. The first kappa shape index (κ1) is 18.1. The normalized spacial score (nSPS) is 10.1. The highest BCUT2D eigenvalue weighted by atomic mass is 32.1. The Balaban J connectivity index is 1.84. The van der Waals surface area contributed by atoms with Gasteiger partial charge in [0.15, 0.2) is 16.6 Å². The summed E-state index contributed by atoms with van der Waals surface area (Å²) in [4.78, 5) is 0. The summed E-state index contributed by atoms with van der Waals surface area (Å²) in [7, 11) is 3.28. The van der Waals surface area contributed by atoms with E-state index in [2.05, 4.69) is 29.7 Å². The third kappa shape index (κ3) is 5.13. The third-order valence-corrected chi connectivity index (χ3v) is 3.99. The number of benzene rings is 2. The van der Waals surface area contributed by atoms with Crippen LogP contribution in [0.5, 0.6) is 11.5 Å². The molecule has 0 saturated carbocycles. The smallest absolute Gasteiger partial charge is 0.170 e. The number of rotatable bonds is 7. The molecule has 0 spiro atoms. The number of methoxy groups -OCH3 is 2. The van der Waals surface area contributed by atoms with E-state index in [4.69, 9.17) is 21.7 Å². The van der Waals surface area contributed by atoms with E-state index in [1.54, 1.807) is 14.2 Å². The van der Waals surface area contributed by atoms with Crippen molar-refractivity contribution in [1.29, 1.82) is 0 Å². The van der Waals surface area contributed by atoms with Crippen molar-refractivity contribution in [1.82, 2.24) is 5.32 Å². The standard InChI is InChI=1S/C19H24N2O2S/c1-4-14-6-5-7-16(12-14)21-19(24)20-11-10-15-8-9-17(22-2)18(13-15)23-3/h5-9,12-13H,4,10-11H2,1-3H3,(H2,20,21,24). The summed E-state index contributed by atoms with van der Waals surface area (Å²) in [6.07, 6.45) is 1.85. The van der Waals surface area contributed by atoms with Gasteiger partial charge in [-0.15, -0.1) is 0 Å². The highest BCUT2D eigenvalue weighted by molar-refractivity contribution is 7.80. The number of nitrogens with one attached hydrogen (secondary N) is 2. The second-order valence-electron chi connectivity index (χ2n) is 5.37. The molecule has 2 N–H and O–H groups in total. The lowest BCUT2D eigenvalue weighted by Gasteiger charge is -2.12. The molecule has 0 unspecified atom stereocenters. The van der Waals surface area contributed by atoms with Gasteiger partial charge in [-0.2, -0.15) is 0 Å². The van der Waals surface area contributed by atoms with Crippen LogP contribution in [0.1, 0.15) is 18.1 Å². The summed E-state index contributed by atoms with van der Waals surface area (Å²) in [5, 5.41) is 7.08. The fourth-order valence-corrected chi connectivity index (χ4v) is 2.62. The number of hydrogen-bond donors (Lipinski definition) is 2. The largest absolute Gasteiger partial charge is 0.493 e. The Morgan fingerprint density at radius 3 is 2.50 bits per heavy atom. The van der Waals surface area contributed by atoms with Gasteiger partial charge in [0.25, 0.3) is 0 Å². The van der Waals surface area contributed by atoms with Crippen LogP contribution in [-0.4, -0.2) is 25.9 Å². The van der Waals surface area contributed by atoms with E-state index in [1.807, 2.05) is 30.3 Å². The number of aryl methyl sites for hydroxylation is 1. The molecule has 0 radical (unpaired) electrons. The summed E-state index contributed by atoms with van der Waals surface area (Å²) >= 11 is 5.35. The molecule has 128 valence electrons. The van der Waals surface area contributed by atoms with Crippen LogP contribution in [0.25, 0.3) is 0 Å². The molecule has 2 aromatic rings. The molecule has 0 bridgehead atoms. The summed E-state index contributed by atoms with van der Waals surface area (Å²) in [5.74, 6) is 1.48. The molecule has 0 heterocycles. The molecule has 0 amide bonds. The minimum atomic E-state index is 0.628. The van der Waals surface area contributed by atoms with Crippen LogP contribution in [0.4, 0.5) is 5.69 Å². The van der Waals surface area contributed by atoms with Crippen molar-refractivity contribution in [3.8, 4) is 11.5 Å². The maximum atomic E-state index is 5.35. The fraction of sp³-hybridized carbons (Fsp3) is 0.316. The first-order valence-corrected chi connectivity index (χ1v) is 8.41. The Morgan fingerprint density at radius 2 is 1.79 bits per heavy atom. The van der Waals surface area contributed by atoms with E-state index < -0.39 is 0 Å². The second kappa shape index (κ2) is 9.13. The molecule has 0 atom stereocenters. The highest BCUT2D eigenvalue weighted by Gasteiger charge is 2.05. The van der Waals surface area contributed by atoms with Crippen molar-refractivity contribution in [2.45, 2.75) is 19.8 Å². The van der Waals surface area contributed by atoms with Crippen molar-refractivity contribution in [2.24, 2.45) is 0 Å². The van der Waals surface area contributed by atoms with Crippen LogP contribution in [0.3, 0.4) is 0 Å². The van der Waals surface area contributed by atoms with E-state index >= 15 is 0 Å². The number of ether oxygens (including phenoxy) is 2. The lowest BCUT2D eigenvalue weighted by molar-refractivity contribution is 0.354. The molecule has 0 saturated heterocycles. The first-order chi connectivity index (χ1) is 11.7. The molecule has 4 nitrogen and oxygen atoms in total. The van der Waals surface area contributed by atoms with Crippen molar-refractivity contribution >= 4 is 23.0 Å². The molecular formula is C19H24N2O2S. The van der Waals surface area contributed by atoms with Gasteiger partial charge in [-0.25, -0.2) is 0 Å². The summed E-state index contributed by atoms with van der Waals surface area (Å²) in [6, 6.07) is 14.2. The van der Waals surface area contributed by atoms with Gasteiger partial charge in [0.05, 0.1) is 14.2 Å². The predicted molar refractivity (Wildman–Crippen MR) is 103 cm³/mol. The van der Waals surface area contributed by atoms with Crippen molar-refractivity contribution < 1.29 is 9.47 Å². The zero-order valence-corrected chi connectivity index (χ0v) is 15.2. The maximum Gasteiger partial charge on any atom is 0.170 e. The molecule has 0 fully saturated rings. The number of hydrogen-bond acceptors (Lipinski definition) is 3. The van der Waals surface area contributed by atoms with Crippen LogP contribution < -0.4 is 20.1 Å². The Morgan fingerprint density at radius 1 is 1.00 bits per heavy atom. The molecule has 0 aliphatic rings. The average Bonchev–Trinajstić information content (AvgIpc) is 2.61. The number of thiocarbonyl (C=S) groups is 1. The summed E-state index contributed by atoms with van der Waals surface area (Å²) < 4.78 is 10.6. The van der Waals surface area contributed by atoms with Gasteiger partial charge in [-0.1, -0.05) is 25.1 Å². The Labute approximate surface area is 149 Å². The van der Waals surface area contributed by atoms with Crippen LogP contribution in [-0.2, 0) is 12.8 Å². The topological polar surface area (TPSA) is 42.5 Å². The SMILES string of the molecule is CCc1cccc(NC(=S)NCCc2ccc(OC)c(OC)c2)c1. The van der Waals surface area contributed by atoms with Crippen LogP contribution in [0.2, 0.25) is 0 Å². The quantitative estimate of drug-likeness (QED) is 0.748. The minimum Gasteiger partial charge on any atom is -0.493 e. The molecule has 0 aliphatic carbocycles. The molecule has 0 aliphatic heterocycles. The minimum absolute atomic E-state index is 0.628. The highest BCUT2D eigenvalue weighted by Crippen LogP contribution is 2.27. The van der Waals surface area contributed by atoms with Crippen LogP contribution in [0, 0.1) is 0 Å². The maximum absolute atomic E-state index is 5.35. The molecule has 0 aromatic heterocycles. The van der Waals surface area contributed by atoms with E-state index in [-0.39, 0.29) is 0 Å². The van der Waals surface area contributed by atoms with Gasteiger partial charge in [-0.05, 0) is 60.5 Å². The van der Waals surface area contributed by atoms with E-state index in [1.165, 1.54) is 5.56 Å². The lowest BCUT2D eigenvalue weighted by Crippen LogP contribution is -2.30. The number of anilines is 1. The van der Waals surface area contributed by atoms with Gasteiger partial charge in [0.2, 0.25) is 0 Å². The summed E-state index contributed by atoms with van der Waals surface area (Å²) in [5.41, 5.74) is 3.46. The molecule has 5 heteroatoms. The Bertz CT molecular complexity index is 689. The predicted octanol–water partition coefficient (Wildman–Crippen LogP) is 3.80. The molecule has 24 heavy (non-hydrogen) atoms. The summed E-state index contributed by atoms with van der Waals surface area (Å²) in [6.45, 7) is 2.88. The van der Waals surface area contributed by atoms with E-state index in [0.29, 0.717) is 5.11 Å². The molecule has 2 rings (SSSR count). The second-order valence-corrected chi connectivity index (χ2v) is 5.78. The van der Waals surface area contributed by atoms with Crippen LogP contribution >= 0.6 is 12.2 Å².